The number of rotatable bonds is 9. The summed E-state index contributed by atoms with van der Waals surface area (Å²) in [5.74, 6) is 4.05. The first-order valence-corrected chi connectivity index (χ1v) is 24.8. The van der Waals surface area contributed by atoms with Crippen LogP contribution in [-0.4, -0.2) is 56.1 Å². The molecular weight excluding hydrogens is 801 g/mol. The average molecular weight is 899 g/mol. The van der Waals surface area contributed by atoms with E-state index in [1.54, 1.807) is 0 Å². The Morgan fingerprint density at radius 2 is 1.03 bits per heavy atom. The predicted octanol–water partition coefficient (Wildman–Crippen LogP) is 13.1. The summed E-state index contributed by atoms with van der Waals surface area (Å²) in [6.45, 7) is 18.3. The van der Waals surface area contributed by atoms with Crippen LogP contribution in [0.15, 0.2) is 11.6 Å². The third kappa shape index (κ3) is 9.26. The van der Waals surface area contributed by atoms with E-state index in [0.717, 1.165) is 108 Å². The second-order valence-electron chi connectivity index (χ2n) is 23.3. The van der Waals surface area contributed by atoms with Gasteiger partial charge in [-0.25, -0.2) is 0 Å². The number of carbonyl (C=O) groups excluding carboxylic acids is 2. The molecule has 64 heavy (non-hydrogen) atoms. The Labute approximate surface area is 391 Å². The van der Waals surface area contributed by atoms with Crippen LogP contribution in [0.3, 0.4) is 0 Å². The Morgan fingerprint density at radius 3 is 1.50 bits per heavy atom. The lowest BCUT2D eigenvalue weighted by Gasteiger charge is -2.62. The summed E-state index contributed by atoms with van der Waals surface area (Å²) in [6, 6.07) is 0. The van der Waals surface area contributed by atoms with Gasteiger partial charge in [0.25, 0.3) is 0 Å². The molecule has 8 aliphatic carbocycles. The second-order valence-corrected chi connectivity index (χ2v) is 23.3. The molecule has 0 amide bonds. The van der Waals surface area contributed by atoms with Crippen molar-refractivity contribution in [2.24, 2.45) is 98.6 Å². The molecule has 0 aliphatic heterocycles. The summed E-state index contributed by atoms with van der Waals surface area (Å²) in [5.41, 5.74) is 1.61. The van der Waals surface area contributed by atoms with Crippen molar-refractivity contribution in [2.45, 2.75) is 219 Å². The lowest BCUT2D eigenvalue weighted by Crippen LogP contribution is -2.60. The fourth-order valence-corrected chi connectivity index (χ4v) is 17.9. The molecule has 8 nitrogen and oxygen atoms in total. The number of hydrogen-bond acceptors (Lipinski definition) is 6. The number of carbonyl (C=O) groups is 4. The molecule has 0 heterocycles. The molecule has 19 atom stereocenters. The number of fused-ring (bicyclic) bond motifs is 10. The number of hydrogen-bond donors (Lipinski definition) is 4. The van der Waals surface area contributed by atoms with E-state index in [4.69, 9.17) is 10.2 Å². The van der Waals surface area contributed by atoms with Gasteiger partial charge in [-0.05, 0) is 202 Å². The maximum atomic E-state index is 13.9. The van der Waals surface area contributed by atoms with Crippen LogP contribution in [0.1, 0.15) is 207 Å². The van der Waals surface area contributed by atoms with Gasteiger partial charge >= 0.3 is 11.9 Å². The molecule has 0 bridgehead atoms. The number of Topliss-reactive ketones (excluding diaryl/α,β-unsaturated/α-hetero) is 2. The van der Waals surface area contributed by atoms with Crippen LogP contribution in [0.5, 0.6) is 0 Å². The van der Waals surface area contributed by atoms with Gasteiger partial charge in [0.15, 0.2) is 5.78 Å². The molecule has 0 aromatic carbocycles. The van der Waals surface area contributed by atoms with Gasteiger partial charge in [0.1, 0.15) is 5.78 Å². The van der Waals surface area contributed by atoms with Crippen molar-refractivity contribution >= 4 is 23.5 Å². The average Bonchev–Trinajstić information content (AvgIpc) is 3.74. The van der Waals surface area contributed by atoms with Gasteiger partial charge in [0.2, 0.25) is 0 Å². The van der Waals surface area contributed by atoms with E-state index in [1.807, 2.05) is 13.0 Å². The smallest absolute Gasteiger partial charge is 0.303 e. The molecular formula is C56H98O8. The Hall–Kier alpha value is -2.06. The highest BCUT2D eigenvalue weighted by Gasteiger charge is 2.66. The molecule has 2 unspecified atom stereocenters. The standard InChI is InChI=1S/C26H42O4.C26H40O4.4CH4/c2*1-5-17-21-14-16(27)10-12-26(21,4)20-11-13-25(3)18(15(2)6-9-22(28)29)7-8-19(25)23(20)24(17)30;;;;/h15-21,23,27H,5-14H2,1-4H3,(H,28,29);5,15-16,18-21,23,27H,6-14H2,1-4H3,(H,28,29);4*1H4/b;17-5+;;;;/t15?,16-,17-,18-,19+,20+,21+,23+,25-,26-;15?,16-,18-,19+,20+,21+,23+,25-,26-;;;;/m11..../s1. The molecule has 0 spiro atoms. The van der Waals surface area contributed by atoms with Gasteiger partial charge < -0.3 is 20.4 Å². The molecule has 0 aromatic heterocycles. The third-order valence-corrected chi connectivity index (χ3v) is 21.0. The number of allylic oxidation sites excluding steroid dienone is 2. The van der Waals surface area contributed by atoms with E-state index in [9.17, 15) is 29.4 Å². The molecule has 0 saturated heterocycles. The fourth-order valence-electron chi connectivity index (χ4n) is 17.9. The molecule has 370 valence electrons. The van der Waals surface area contributed by atoms with E-state index in [1.165, 1.54) is 6.42 Å². The van der Waals surface area contributed by atoms with Gasteiger partial charge in [0, 0.05) is 30.6 Å². The van der Waals surface area contributed by atoms with E-state index in [-0.39, 0.29) is 100 Å². The zero-order valence-corrected chi connectivity index (χ0v) is 38.6. The van der Waals surface area contributed by atoms with Crippen molar-refractivity contribution in [3.05, 3.63) is 11.6 Å². The normalized spacial score (nSPS) is 45.5. The van der Waals surface area contributed by atoms with Crippen LogP contribution in [0, 0.1) is 98.6 Å². The van der Waals surface area contributed by atoms with Gasteiger partial charge in [-0.3, -0.25) is 19.2 Å². The second kappa shape index (κ2) is 21.1. The Kier molecular flexibility index (Phi) is 18.5. The predicted molar refractivity (Wildman–Crippen MR) is 261 cm³/mol. The van der Waals surface area contributed by atoms with Crippen LogP contribution < -0.4 is 0 Å². The van der Waals surface area contributed by atoms with E-state index < -0.39 is 11.9 Å². The Bertz CT molecular complexity index is 1670. The maximum absolute atomic E-state index is 13.9. The maximum Gasteiger partial charge on any atom is 0.303 e. The van der Waals surface area contributed by atoms with Crippen molar-refractivity contribution in [1.29, 1.82) is 0 Å². The number of aliphatic hydroxyl groups is 2. The van der Waals surface area contributed by atoms with Crippen LogP contribution in [0.2, 0.25) is 0 Å². The van der Waals surface area contributed by atoms with Crippen molar-refractivity contribution in [1.82, 2.24) is 0 Å². The molecule has 0 radical (unpaired) electrons. The topological polar surface area (TPSA) is 149 Å². The zero-order chi connectivity index (χ0) is 43.7. The highest BCUT2D eigenvalue weighted by Crippen LogP contribution is 2.70. The summed E-state index contributed by atoms with van der Waals surface area (Å²) in [6.07, 6.45) is 18.9. The van der Waals surface area contributed by atoms with Gasteiger partial charge in [-0.1, -0.05) is 84.2 Å². The SMILES string of the molecule is C.C.C.C.C/C=C1/C(=O)[C@@H]2[C@H](CC[C@]3(C)[C@@H](C(C)CCC(=O)O)CC[C@@H]23)[C@@]2(C)CC[C@@H](O)C[C@@H]12.CC[C@H]1C(=O)[C@@H]2[C@H](CC[C@]3(C)[C@@H](C(C)CCC(=O)O)CC[C@@H]23)[C@@]2(C)CC[C@@H](O)C[C@@H]12. The molecule has 4 N–H and O–H groups in total. The Balaban J connectivity index is 0.000000320. The third-order valence-electron chi connectivity index (χ3n) is 21.0. The molecule has 8 heteroatoms. The Morgan fingerprint density at radius 1 is 0.609 bits per heavy atom. The van der Waals surface area contributed by atoms with Gasteiger partial charge in [0.05, 0.1) is 12.2 Å². The van der Waals surface area contributed by atoms with Crippen molar-refractivity contribution in [3.63, 3.8) is 0 Å². The van der Waals surface area contributed by atoms with Crippen molar-refractivity contribution < 1.29 is 39.6 Å². The zero-order valence-electron chi connectivity index (χ0n) is 38.6. The summed E-state index contributed by atoms with van der Waals surface area (Å²) in [4.78, 5) is 50.0. The fraction of sp³-hybridized carbons (Fsp3) is 0.893. The molecule has 8 saturated carbocycles. The lowest BCUT2D eigenvalue weighted by molar-refractivity contribution is -0.173. The summed E-state index contributed by atoms with van der Waals surface area (Å²) in [5, 5.41) is 39.0. The van der Waals surface area contributed by atoms with E-state index >= 15 is 0 Å². The van der Waals surface area contributed by atoms with Gasteiger partial charge in [-0.2, -0.15) is 0 Å². The first-order valence-electron chi connectivity index (χ1n) is 24.8. The largest absolute Gasteiger partial charge is 0.481 e. The van der Waals surface area contributed by atoms with E-state index in [0.29, 0.717) is 64.8 Å². The summed E-state index contributed by atoms with van der Waals surface area (Å²) >= 11 is 0. The monoisotopic (exact) mass is 899 g/mol. The summed E-state index contributed by atoms with van der Waals surface area (Å²) in [7, 11) is 0. The number of carboxylic acids is 2. The molecule has 0 aromatic rings. The minimum absolute atomic E-state index is 0. The van der Waals surface area contributed by atoms with Crippen LogP contribution >= 0.6 is 0 Å². The molecule has 8 aliphatic rings. The van der Waals surface area contributed by atoms with Crippen molar-refractivity contribution in [3.8, 4) is 0 Å². The minimum atomic E-state index is -0.705. The summed E-state index contributed by atoms with van der Waals surface area (Å²) < 4.78 is 0. The number of aliphatic hydroxyl groups excluding tert-OH is 2. The van der Waals surface area contributed by atoms with E-state index in [2.05, 4.69) is 48.5 Å². The van der Waals surface area contributed by atoms with Gasteiger partial charge in [-0.15, -0.1) is 0 Å². The molecule has 8 fully saturated rings. The lowest BCUT2D eigenvalue weighted by atomic mass is 9.42. The molecule has 8 rings (SSSR count). The number of carboxylic acid groups (broad SMARTS) is 2. The van der Waals surface area contributed by atoms with Crippen LogP contribution in [0.4, 0.5) is 0 Å². The first kappa shape index (κ1) is 56.3. The first-order chi connectivity index (χ1) is 28.3. The minimum Gasteiger partial charge on any atom is -0.481 e. The van der Waals surface area contributed by atoms with Crippen molar-refractivity contribution in [2.75, 3.05) is 0 Å². The van der Waals surface area contributed by atoms with Crippen LogP contribution in [-0.2, 0) is 19.2 Å². The number of aliphatic carboxylic acids is 2. The quantitative estimate of drug-likeness (QED) is 0.167. The number of ketones is 2. The highest BCUT2D eigenvalue weighted by molar-refractivity contribution is 5.99. The van der Waals surface area contributed by atoms with Crippen LogP contribution in [0.25, 0.3) is 0 Å². The highest BCUT2D eigenvalue weighted by atomic mass is 16.4.